The fraction of sp³-hybridized carbons (Fsp3) is 0.571. The van der Waals surface area contributed by atoms with Gasteiger partial charge in [0, 0.05) is 11.8 Å². The van der Waals surface area contributed by atoms with Crippen LogP contribution in [0.3, 0.4) is 0 Å². The Morgan fingerprint density at radius 3 is 2.65 bits per heavy atom. The van der Waals surface area contributed by atoms with Crippen LogP contribution in [-0.2, 0) is 0 Å². The van der Waals surface area contributed by atoms with Gasteiger partial charge in [0.1, 0.15) is 5.75 Å². The molecule has 0 saturated heterocycles. The summed E-state index contributed by atoms with van der Waals surface area (Å²) in [5, 5.41) is 9.59. The highest BCUT2D eigenvalue weighted by molar-refractivity contribution is 5.48. The van der Waals surface area contributed by atoms with Gasteiger partial charge in [-0.2, -0.15) is 0 Å². The standard InChI is InChI=1S/C14H22N2O/c15-9-10-2-1-3-11(5-4-10)12-6-13(16)8-14(17)7-12/h6-8,10-11,17H,1-5,9,15-16H2. The van der Waals surface area contributed by atoms with E-state index in [0.717, 1.165) is 13.0 Å². The molecule has 5 N–H and O–H groups in total. The van der Waals surface area contributed by atoms with Gasteiger partial charge < -0.3 is 16.6 Å². The molecule has 0 aliphatic heterocycles. The monoisotopic (exact) mass is 234 g/mol. The number of anilines is 1. The summed E-state index contributed by atoms with van der Waals surface area (Å²) in [7, 11) is 0. The Bertz CT molecular complexity index is 358. The van der Waals surface area contributed by atoms with Crippen molar-refractivity contribution in [2.45, 2.75) is 38.0 Å². The Morgan fingerprint density at radius 2 is 1.94 bits per heavy atom. The first kappa shape index (κ1) is 12.2. The van der Waals surface area contributed by atoms with Crippen molar-refractivity contribution in [1.82, 2.24) is 0 Å². The zero-order chi connectivity index (χ0) is 12.3. The molecule has 1 aliphatic carbocycles. The number of phenols is 1. The zero-order valence-electron chi connectivity index (χ0n) is 10.2. The van der Waals surface area contributed by atoms with Gasteiger partial charge in [0.25, 0.3) is 0 Å². The third-order valence-electron chi connectivity index (χ3n) is 3.86. The van der Waals surface area contributed by atoms with Gasteiger partial charge in [-0.15, -0.1) is 0 Å². The molecule has 94 valence electrons. The van der Waals surface area contributed by atoms with Crippen LogP contribution in [0.4, 0.5) is 5.69 Å². The van der Waals surface area contributed by atoms with Crippen LogP contribution in [0.5, 0.6) is 5.75 Å². The van der Waals surface area contributed by atoms with Crippen LogP contribution in [-0.4, -0.2) is 11.7 Å². The second-order valence-corrected chi connectivity index (χ2v) is 5.16. The lowest BCUT2D eigenvalue weighted by atomic mass is 9.91. The number of rotatable bonds is 2. The van der Waals surface area contributed by atoms with Crippen molar-refractivity contribution in [1.29, 1.82) is 0 Å². The number of hydrogen-bond donors (Lipinski definition) is 3. The molecule has 1 aromatic rings. The van der Waals surface area contributed by atoms with Crippen LogP contribution in [0, 0.1) is 5.92 Å². The van der Waals surface area contributed by atoms with E-state index >= 15 is 0 Å². The maximum Gasteiger partial charge on any atom is 0.117 e. The number of phenolic OH excluding ortho intramolecular Hbond substituents is 1. The van der Waals surface area contributed by atoms with E-state index in [9.17, 15) is 5.11 Å². The second-order valence-electron chi connectivity index (χ2n) is 5.16. The van der Waals surface area contributed by atoms with Gasteiger partial charge in [0.2, 0.25) is 0 Å². The first-order valence-corrected chi connectivity index (χ1v) is 6.48. The third-order valence-corrected chi connectivity index (χ3v) is 3.86. The Kier molecular flexibility index (Phi) is 3.89. The number of aromatic hydroxyl groups is 1. The molecule has 0 aromatic heterocycles. The van der Waals surface area contributed by atoms with Crippen molar-refractivity contribution < 1.29 is 5.11 Å². The van der Waals surface area contributed by atoms with E-state index in [1.54, 1.807) is 6.07 Å². The van der Waals surface area contributed by atoms with Gasteiger partial charge >= 0.3 is 0 Å². The van der Waals surface area contributed by atoms with Crippen molar-refractivity contribution in [3.63, 3.8) is 0 Å². The summed E-state index contributed by atoms with van der Waals surface area (Å²) < 4.78 is 0. The van der Waals surface area contributed by atoms with Crippen molar-refractivity contribution in [3.05, 3.63) is 23.8 Å². The largest absolute Gasteiger partial charge is 0.508 e. The molecule has 2 rings (SSSR count). The summed E-state index contributed by atoms with van der Waals surface area (Å²) in [5.74, 6) is 1.48. The average Bonchev–Trinajstić information content (AvgIpc) is 2.52. The smallest absolute Gasteiger partial charge is 0.117 e. The molecule has 3 heteroatoms. The van der Waals surface area contributed by atoms with Crippen molar-refractivity contribution in [3.8, 4) is 5.75 Å². The van der Waals surface area contributed by atoms with Crippen LogP contribution >= 0.6 is 0 Å². The summed E-state index contributed by atoms with van der Waals surface area (Å²) in [5.41, 5.74) is 13.4. The summed E-state index contributed by atoms with van der Waals surface area (Å²) in [6.45, 7) is 0.800. The number of nitrogens with two attached hydrogens (primary N) is 2. The topological polar surface area (TPSA) is 72.3 Å². The minimum atomic E-state index is 0.277. The normalized spacial score (nSPS) is 25.5. The SMILES string of the molecule is NCC1CCCC(c2cc(N)cc(O)c2)CC1. The lowest BCUT2D eigenvalue weighted by Gasteiger charge is -2.16. The highest BCUT2D eigenvalue weighted by Crippen LogP contribution is 2.35. The second kappa shape index (κ2) is 5.41. The molecule has 0 bridgehead atoms. The third kappa shape index (κ3) is 3.13. The van der Waals surface area contributed by atoms with E-state index in [-0.39, 0.29) is 5.75 Å². The molecule has 2 atom stereocenters. The quantitative estimate of drug-likeness (QED) is 0.544. The van der Waals surface area contributed by atoms with Gasteiger partial charge in [-0.3, -0.25) is 0 Å². The van der Waals surface area contributed by atoms with Crippen LogP contribution in [0.15, 0.2) is 18.2 Å². The Hall–Kier alpha value is -1.22. The fourth-order valence-corrected chi connectivity index (χ4v) is 2.84. The maximum atomic E-state index is 9.59. The van der Waals surface area contributed by atoms with E-state index < -0.39 is 0 Å². The molecule has 0 spiro atoms. The Balaban J connectivity index is 2.11. The van der Waals surface area contributed by atoms with Crippen LogP contribution in [0.1, 0.15) is 43.6 Å². The minimum absolute atomic E-state index is 0.277. The highest BCUT2D eigenvalue weighted by atomic mass is 16.3. The van der Waals surface area contributed by atoms with Gasteiger partial charge in [-0.25, -0.2) is 0 Å². The summed E-state index contributed by atoms with van der Waals surface area (Å²) >= 11 is 0. The van der Waals surface area contributed by atoms with Gasteiger partial charge in [-0.05, 0) is 61.8 Å². The van der Waals surface area contributed by atoms with E-state index in [1.165, 1.54) is 31.2 Å². The molecule has 0 radical (unpaired) electrons. The fourth-order valence-electron chi connectivity index (χ4n) is 2.84. The molecule has 0 amide bonds. The lowest BCUT2D eigenvalue weighted by Crippen LogP contribution is -2.13. The van der Waals surface area contributed by atoms with Gasteiger partial charge in [0.15, 0.2) is 0 Å². The van der Waals surface area contributed by atoms with E-state index in [4.69, 9.17) is 11.5 Å². The molecule has 0 heterocycles. The molecule has 2 unspecified atom stereocenters. The van der Waals surface area contributed by atoms with Crippen LogP contribution in [0.2, 0.25) is 0 Å². The summed E-state index contributed by atoms with van der Waals surface area (Å²) in [4.78, 5) is 0. The summed E-state index contributed by atoms with van der Waals surface area (Å²) in [6.07, 6.45) is 5.99. The first-order chi connectivity index (χ1) is 8.19. The Labute approximate surface area is 103 Å². The van der Waals surface area contributed by atoms with E-state index in [2.05, 4.69) is 0 Å². The number of nitrogen functional groups attached to an aromatic ring is 1. The molecule has 3 nitrogen and oxygen atoms in total. The zero-order valence-corrected chi connectivity index (χ0v) is 10.2. The van der Waals surface area contributed by atoms with Crippen molar-refractivity contribution in [2.75, 3.05) is 12.3 Å². The van der Waals surface area contributed by atoms with E-state index in [0.29, 0.717) is 17.5 Å². The lowest BCUT2D eigenvalue weighted by molar-refractivity contribution is 0.465. The molecular weight excluding hydrogens is 212 g/mol. The van der Waals surface area contributed by atoms with Crippen molar-refractivity contribution in [2.24, 2.45) is 11.7 Å². The predicted octanol–water partition coefficient (Wildman–Crippen LogP) is 2.60. The highest BCUT2D eigenvalue weighted by Gasteiger charge is 2.19. The molecule has 1 aromatic carbocycles. The van der Waals surface area contributed by atoms with Crippen LogP contribution in [0.25, 0.3) is 0 Å². The van der Waals surface area contributed by atoms with Crippen molar-refractivity contribution >= 4 is 5.69 Å². The average molecular weight is 234 g/mol. The Morgan fingerprint density at radius 1 is 1.12 bits per heavy atom. The first-order valence-electron chi connectivity index (χ1n) is 6.48. The minimum Gasteiger partial charge on any atom is -0.508 e. The number of hydrogen-bond acceptors (Lipinski definition) is 3. The molecular formula is C14H22N2O. The van der Waals surface area contributed by atoms with Crippen LogP contribution < -0.4 is 11.5 Å². The number of benzene rings is 1. The van der Waals surface area contributed by atoms with Gasteiger partial charge in [-0.1, -0.05) is 6.42 Å². The molecule has 1 saturated carbocycles. The maximum absolute atomic E-state index is 9.59. The molecule has 1 fully saturated rings. The predicted molar refractivity (Wildman–Crippen MR) is 70.9 cm³/mol. The van der Waals surface area contributed by atoms with E-state index in [1.807, 2.05) is 12.1 Å². The molecule has 1 aliphatic rings. The summed E-state index contributed by atoms with van der Waals surface area (Å²) in [6, 6.07) is 5.44. The molecule has 17 heavy (non-hydrogen) atoms. The van der Waals surface area contributed by atoms with Gasteiger partial charge in [0.05, 0.1) is 0 Å².